The summed E-state index contributed by atoms with van der Waals surface area (Å²) in [5.74, 6) is 0. The molecule has 4 heteroatoms. The first kappa shape index (κ1) is 14.1. The molecular weight excluding hydrogens is 312 g/mol. The van der Waals surface area contributed by atoms with Gasteiger partial charge in [-0.05, 0) is 30.2 Å². The number of hydrogen-bond donors (Lipinski definition) is 1. The van der Waals surface area contributed by atoms with E-state index in [1.165, 1.54) is 5.56 Å². The molecule has 0 saturated carbocycles. The Morgan fingerprint density at radius 3 is 2.83 bits per heavy atom. The Morgan fingerprint density at radius 1 is 1.44 bits per heavy atom. The van der Waals surface area contributed by atoms with Gasteiger partial charge >= 0.3 is 0 Å². The van der Waals surface area contributed by atoms with E-state index in [9.17, 15) is 0 Å². The second-order valence-corrected chi connectivity index (χ2v) is 5.78. The Labute approximate surface area is 122 Å². The van der Waals surface area contributed by atoms with E-state index in [0.717, 1.165) is 42.1 Å². The van der Waals surface area contributed by atoms with Gasteiger partial charge in [0.05, 0.1) is 0 Å². The SMILES string of the molecule is C=CC[C@@H](c1cc(Cl)ccc1Br)N1CCNCC1. The minimum Gasteiger partial charge on any atom is -0.314 e. The van der Waals surface area contributed by atoms with Crippen molar-refractivity contribution in [2.75, 3.05) is 26.2 Å². The van der Waals surface area contributed by atoms with Gasteiger partial charge in [-0.3, -0.25) is 4.90 Å². The van der Waals surface area contributed by atoms with Crippen LogP contribution in [0.25, 0.3) is 0 Å². The lowest BCUT2D eigenvalue weighted by molar-refractivity contribution is 0.174. The van der Waals surface area contributed by atoms with Gasteiger partial charge in [0.1, 0.15) is 0 Å². The number of nitrogens with zero attached hydrogens (tertiary/aromatic N) is 1. The highest BCUT2D eigenvalue weighted by Gasteiger charge is 2.22. The molecule has 2 rings (SSSR count). The van der Waals surface area contributed by atoms with Crippen molar-refractivity contribution in [1.29, 1.82) is 0 Å². The molecule has 0 spiro atoms. The van der Waals surface area contributed by atoms with Gasteiger partial charge in [-0.25, -0.2) is 0 Å². The average molecular weight is 330 g/mol. The number of benzene rings is 1. The zero-order valence-corrected chi connectivity index (χ0v) is 12.7. The van der Waals surface area contributed by atoms with E-state index in [-0.39, 0.29) is 0 Å². The maximum Gasteiger partial charge on any atom is 0.0410 e. The number of piperazine rings is 1. The van der Waals surface area contributed by atoms with Crippen LogP contribution in [0, 0.1) is 0 Å². The molecule has 1 heterocycles. The largest absolute Gasteiger partial charge is 0.314 e. The minimum absolute atomic E-state index is 0.359. The number of halogens is 2. The lowest BCUT2D eigenvalue weighted by Gasteiger charge is -2.35. The van der Waals surface area contributed by atoms with Crippen molar-refractivity contribution >= 4 is 27.5 Å². The molecule has 1 fully saturated rings. The molecule has 1 N–H and O–H groups in total. The van der Waals surface area contributed by atoms with Gasteiger partial charge in [0.2, 0.25) is 0 Å². The molecular formula is C14H18BrClN2. The average Bonchev–Trinajstić information content (AvgIpc) is 2.40. The van der Waals surface area contributed by atoms with E-state index < -0.39 is 0 Å². The van der Waals surface area contributed by atoms with Crippen LogP contribution >= 0.6 is 27.5 Å². The molecule has 98 valence electrons. The lowest BCUT2D eigenvalue weighted by Crippen LogP contribution is -2.45. The summed E-state index contributed by atoms with van der Waals surface area (Å²) in [5, 5.41) is 4.17. The topological polar surface area (TPSA) is 15.3 Å². The second kappa shape index (κ2) is 6.71. The van der Waals surface area contributed by atoms with Crippen LogP contribution in [0.2, 0.25) is 5.02 Å². The van der Waals surface area contributed by atoms with Gasteiger partial charge in [0.15, 0.2) is 0 Å². The minimum atomic E-state index is 0.359. The van der Waals surface area contributed by atoms with Crippen LogP contribution in [0.3, 0.4) is 0 Å². The van der Waals surface area contributed by atoms with Gasteiger partial charge < -0.3 is 5.32 Å². The summed E-state index contributed by atoms with van der Waals surface area (Å²) in [7, 11) is 0. The fourth-order valence-corrected chi connectivity index (χ4v) is 3.09. The van der Waals surface area contributed by atoms with Crippen LogP contribution in [-0.2, 0) is 0 Å². The van der Waals surface area contributed by atoms with E-state index >= 15 is 0 Å². The normalized spacial score (nSPS) is 18.6. The second-order valence-electron chi connectivity index (χ2n) is 4.49. The Morgan fingerprint density at radius 2 is 2.17 bits per heavy atom. The molecule has 1 aromatic rings. The fraction of sp³-hybridized carbons (Fsp3) is 0.429. The van der Waals surface area contributed by atoms with Crippen molar-refractivity contribution in [2.45, 2.75) is 12.5 Å². The predicted octanol–water partition coefficient (Wildman–Crippen LogP) is 3.62. The van der Waals surface area contributed by atoms with Crippen molar-refractivity contribution in [1.82, 2.24) is 10.2 Å². The monoisotopic (exact) mass is 328 g/mol. The van der Waals surface area contributed by atoms with Crippen LogP contribution < -0.4 is 5.32 Å². The molecule has 1 aliphatic heterocycles. The Balaban J connectivity index is 2.27. The van der Waals surface area contributed by atoms with Gasteiger partial charge in [-0.2, -0.15) is 0 Å². The Hall–Kier alpha value is -0.350. The summed E-state index contributed by atoms with van der Waals surface area (Å²) < 4.78 is 1.12. The highest BCUT2D eigenvalue weighted by molar-refractivity contribution is 9.10. The smallest absolute Gasteiger partial charge is 0.0410 e. The van der Waals surface area contributed by atoms with Crippen LogP contribution in [0.15, 0.2) is 35.3 Å². The molecule has 0 aromatic heterocycles. The standard InChI is InChI=1S/C14H18BrClN2/c1-2-3-14(18-8-6-17-7-9-18)12-10-11(16)4-5-13(12)15/h2,4-5,10,14,17H,1,3,6-9H2/t14-/m0/s1. The first-order chi connectivity index (χ1) is 8.72. The lowest BCUT2D eigenvalue weighted by atomic mass is 10.0. The number of nitrogens with one attached hydrogen (secondary N) is 1. The third-order valence-electron chi connectivity index (χ3n) is 3.30. The Bertz CT molecular complexity index is 416. The van der Waals surface area contributed by atoms with E-state index in [0.29, 0.717) is 6.04 Å². The van der Waals surface area contributed by atoms with E-state index in [1.54, 1.807) is 0 Å². The molecule has 0 unspecified atom stereocenters. The van der Waals surface area contributed by atoms with Crippen LogP contribution in [0.4, 0.5) is 0 Å². The molecule has 0 amide bonds. The summed E-state index contributed by atoms with van der Waals surface area (Å²) in [4.78, 5) is 2.49. The molecule has 18 heavy (non-hydrogen) atoms. The van der Waals surface area contributed by atoms with Gasteiger partial charge in [-0.15, -0.1) is 6.58 Å². The molecule has 0 aliphatic carbocycles. The highest BCUT2D eigenvalue weighted by atomic mass is 79.9. The van der Waals surface area contributed by atoms with Crippen LogP contribution in [-0.4, -0.2) is 31.1 Å². The van der Waals surface area contributed by atoms with Crippen molar-refractivity contribution in [2.24, 2.45) is 0 Å². The van der Waals surface area contributed by atoms with Gasteiger partial charge in [0.25, 0.3) is 0 Å². The first-order valence-corrected chi connectivity index (χ1v) is 7.40. The van der Waals surface area contributed by atoms with Crippen molar-refractivity contribution in [3.05, 3.63) is 45.9 Å². The maximum atomic E-state index is 6.12. The van der Waals surface area contributed by atoms with E-state index in [4.69, 9.17) is 11.6 Å². The van der Waals surface area contributed by atoms with Gasteiger partial charge in [0, 0.05) is 41.7 Å². The fourth-order valence-electron chi connectivity index (χ4n) is 2.39. The quantitative estimate of drug-likeness (QED) is 0.849. The van der Waals surface area contributed by atoms with Crippen LogP contribution in [0.1, 0.15) is 18.0 Å². The zero-order valence-electron chi connectivity index (χ0n) is 10.3. The van der Waals surface area contributed by atoms with Crippen molar-refractivity contribution < 1.29 is 0 Å². The summed E-state index contributed by atoms with van der Waals surface area (Å²) >= 11 is 9.75. The molecule has 0 radical (unpaired) electrons. The highest BCUT2D eigenvalue weighted by Crippen LogP contribution is 2.32. The number of hydrogen-bond acceptors (Lipinski definition) is 2. The first-order valence-electron chi connectivity index (χ1n) is 6.23. The van der Waals surface area contributed by atoms with Gasteiger partial charge in [-0.1, -0.05) is 33.6 Å². The van der Waals surface area contributed by atoms with E-state index in [2.05, 4.69) is 38.8 Å². The van der Waals surface area contributed by atoms with E-state index in [1.807, 2.05) is 18.2 Å². The maximum absolute atomic E-state index is 6.12. The zero-order chi connectivity index (χ0) is 13.0. The van der Waals surface area contributed by atoms with Crippen LogP contribution in [0.5, 0.6) is 0 Å². The molecule has 1 atom stereocenters. The molecule has 2 nitrogen and oxygen atoms in total. The Kier molecular flexibility index (Phi) is 5.25. The molecule has 0 bridgehead atoms. The number of rotatable bonds is 4. The third-order valence-corrected chi connectivity index (χ3v) is 4.26. The molecule has 1 aromatic carbocycles. The molecule has 1 saturated heterocycles. The summed E-state index contributed by atoms with van der Waals surface area (Å²) in [6.45, 7) is 8.11. The van der Waals surface area contributed by atoms with Crippen molar-refractivity contribution in [3.8, 4) is 0 Å². The molecule has 1 aliphatic rings. The third kappa shape index (κ3) is 3.35. The predicted molar refractivity (Wildman–Crippen MR) is 81.1 cm³/mol. The summed E-state index contributed by atoms with van der Waals surface area (Å²) in [6.07, 6.45) is 2.93. The summed E-state index contributed by atoms with van der Waals surface area (Å²) in [5.41, 5.74) is 1.25. The van der Waals surface area contributed by atoms with Crippen molar-refractivity contribution in [3.63, 3.8) is 0 Å². The summed E-state index contributed by atoms with van der Waals surface area (Å²) in [6, 6.07) is 6.35.